The van der Waals surface area contributed by atoms with Gasteiger partial charge in [-0.25, -0.2) is 4.79 Å². The van der Waals surface area contributed by atoms with Crippen LogP contribution in [0.4, 0.5) is 4.79 Å². The Labute approximate surface area is 655 Å². The van der Waals surface area contributed by atoms with Crippen LogP contribution in [0.25, 0.3) is 0 Å². The maximum absolute atomic E-state index is 15.5. The summed E-state index contributed by atoms with van der Waals surface area (Å²) in [6.45, 7) is 44.3. The quantitative estimate of drug-likeness (QED) is 0.0245. The number of carbonyl (C=O) groups is 13. The van der Waals surface area contributed by atoms with Crippen molar-refractivity contribution in [1.82, 2.24) is 26.2 Å². The molecular formula is C81H141N5O24. The van der Waals surface area contributed by atoms with Crippen molar-refractivity contribution in [2.45, 2.75) is 426 Å². The summed E-state index contributed by atoms with van der Waals surface area (Å²) in [5.41, 5.74) is -15.2. The third-order valence-corrected chi connectivity index (χ3v) is 16.7. The largest absolute Gasteiger partial charge is 0.460 e. The number of carbonyl (C=O) groups excluding carboxylic acids is 13. The molecule has 0 radical (unpaired) electrons. The predicted molar refractivity (Wildman–Crippen MR) is 411 cm³/mol. The number of β-amino-alcohol motifs (C(OH)–C–C–N with tert-alkyl or cyclic N) is 2. The number of nitrogens with zero attached hydrogens (tertiary/aromatic N) is 1. The number of hydrogen-bond acceptors (Lipinski definition) is 24. The van der Waals surface area contributed by atoms with Crippen LogP contribution in [0.3, 0.4) is 0 Å². The van der Waals surface area contributed by atoms with E-state index in [-0.39, 0.29) is 116 Å². The highest BCUT2D eigenvalue weighted by molar-refractivity contribution is 5.82. The van der Waals surface area contributed by atoms with Crippen LogP contribution in [0.2, 0.25) is 0 Å². The molecular weight excluding hydrogens is 1430 g/mol. The Balaban J connectivity index is 4.77. The molecule has 1 rings (SSSR count). The normalized spacial score (nSPS) is 15.1. The molecule has 1 aliphatic rings. The first-order chi connectivity index (χ1) is 49.5. The van der Waals surface area contributed by atoms with Gasteiger partial charge >= 0.3 is 59.8 Å². The van der Waals surface area contributed by atoms with E-state index in [9.17, 15) is 53.4 Å². The lowest BCUT2D eigenvalue weighted by molar-refractivity contribution is -0.158. The third kappa shape index (κ3) is 47.3. The van der Waals surface area contributed by atoms with Crippen LogP contribution in [0.1, 0.15) is 341 Å². The first-order valence-corrected chi connectivity index (χ1v) is 38.8. The van der Waals surface area contributed by atoms with E-state index in [2.05, 4.69) is 21.3 Å². The Morgan fingerprint density at radius 1 is 0.236 bits per heavy atom. The SMILES string of the molecule is CC(C)(C)OC(=O)CCC(CCC(=O)OC(C)(C)C)(CCC(=O)OC(C)(C)C)NC(=O)CCC(CCC(=O)NC(CCC(=O)OC(C)(C)C)(CCC(=O)OC(C)(C)C)CCC(=O)OC(C)(C)C)(CCC(=O)NC(CCC(=O)OC(C)(C)C)(CCC(=O)OC(C)(C)C)CCC(=O)OC(C)(C)C)NC(=O)N1C[C@H](O)[C@@H](O)C1. The fraction of sp³-hybridized carbons (Fsp3) is 0.840. The predicted octanol–water partition coefficient (Wildman–Crippen LogP) is 11.5. The minimum atomic E-state index is -1.91. The topological polar surface area (TPSA) is 397 Å². The van der Waals surface area contributed by atoms with Crippen LogP contribution in [-0.2, 0) is 100 Å². The third-order valence-electron chi connectivity index (χ3n) is 16.7. The highest BCUT2D eigenvalue weighted by atomic mass is 16.6. The summed E-state index contributed by atoms with van der Waals surface area (Å²) in [6.07, 6.45) is -10.7. The number of aliphatic hydroxyl groups is 2. The zero-order chi connectivity index (χ0) is 85.3. The Morgan fingerprint density at radius 2 is 0.364 bits per heavy atom. The molecule has 634 valence electrons. The van der Waals surface area contributed by atoms with Gasteiger partial charge in [0.05, 0.1) is 25.3 Å². The van der Waals surface area contributed by atoms with Crippen molar-refractivity contribution in [1.29, 1.82) is 0 Å². The smallest absolute Gasteiger partial charge is 0.318 e. The van der Waals surface area contributed by atoms with E-state index < -0.39 is 214 Å². The summed E-state index contributed by atoms with van der Waals surface area (Å²) < 4.78 is 51.4. The van der Waals surface area contributed by atoms with Crippen LogP contribution in [0.15, 0.2) is 0 Å². The molecule has 0 bridgehead atoms. The molecule has 1 heterocycles. The van der Waals surface area contributed by atoms with Crippen LogP contribution >= 0.6 is 0 Å². The van der Waals surface area contributed by atoms with Crippen molar-refractivity contribution in [3.8, 4) is 0 Å². The van der Waals surface area contributed by atoms with Crippen molar-refractivity contribution in [3.63, 3.8) is 0 Å². The van der Waals surface area contributed by atoms with Crippen LogP contribution < -0.4 is 21.3 Å². The number of esters is 9. The van der Waals surface area contributed by atoms with Gasteiger partial charge in [-0.15, -0.1) is 0 Å². The lowest BCUT2D eigenvalue weighted by Crippen LogP contribution is -2.56. The number of urea groups is 1. The lowest BCUT2D eigenvalue weighted by Gasteiger charge is -2.40. The molecule has 0 aromatic carbocycles. The van der Waals surface area contributed by atoms with E-state index in [0.29, 0.717) is 0 Å². The summed E-state index contributed by atoms with van der Waals surface area (Å²) in [7, 11) is 0. The van der Waals surface area contributed by atoms with Crippen molar-refractivity contribution in [2.24, 2.45) is 0 Å². The minimum Gasteiger partial charge on any atom is -0.460 e. The Hall–Kier alpha value is -7.17. The molecule has 0 aromatic rings. The van der Waals surface area contributed by atoms with Crippen molar-refractivity contribution >= 4 is 77.5 Å². The molecule has 1 aliphatic heterocycles. The van der Waals surface area contributed by atoms with E-state index in [1.807, 2.05) is 0 Å². The monoisotopic (exact) mass is 1570 g/mol. The Bertz CT molecular complexity index is 2560. The van der Waals surface area contributed by atoms with Gasteiger partial charge in [0, 0.05) is 99.2 Å². The second-order valence-corrected chi connectivity index (χ2v) is 38.5. The van der Waals surface area contributed by atoms with E-state index >= 15 is 19.2 Å². The summed E-state index contributed by atoms with van der Waals surface area (Å²) in [5, 5.41) is 33.9. The molecule has 6 N–H and O–H groups in total. The molecule has 0 spiro atoms. The number of aliphatic hydroxyl groups excluding tert-OH is 2. The number of nitrogens with one attached hydrogen (secondary N) is 4. The van der Waals surface area contributed by atoms with Crippen molar-refractivity contribution in [2.75, 3.05) is 13.1 Å². The van der Waals surface area contributed by atoms with Crippen molar-refractivity contribution in [3.05, 3.63) is 0 Å². The summed E-state index contributed by atoms with van der Waals surface area (Å²) in [5.74, 6) is -8.40. The van der Waals surface area contributed by atoms with E-state index in [1.165, 1.54) is 0 Å². The van der Waals surface area contributed by atoms with Gasteiger partial charge < -0.3 is 79.0 Å². The molecule has 110 heavy (non-hydrogen) atoms. The first kappa shape index (κ1) is 101. The fourth-order valence-corrected chi connectivity index (χ4v) is 12.2. The molecule has 5 amide bonds. The molecule has 2 atom stereocenters. The molecule has 1 fully saturated rings. The van der Waals surface area contributed by atoms with Gasteiger partial charge in [-0.3, -0.25) is 57.5 Å². The molecule has 29 nitrogen and oxygen atoms in total. The van der Waals surface area contributed by atoms with Crippen molar-refractivity contribution < 1.29 is 115 Å². The van der Waals surface area contributed by atoms with Gasteiger partial charge in [0.2, 0.25) is 17.7 Å². The number of ether oxygens (including phenoxy) is 9. The van der Waals surface area contributed by atoms with E-state index in [4.69, 9.17) is 42.6 Å². The number of rotatable bonds is 40. The minimum absolute atomic E-state index is 0.198. The molecule has 29 heteroatoms. The molecule has 0 aliphatic carbocycles. The maximum atomic E-state index is 15.5. The molecule has 0 unspecified atom stereocenters. The summed E-state index contributed by atoms with van der Waals surface area (Å²) >= 11 is 0. The lowest BCUT2D eigenvalue weighted by atomic mass is 9.80. The molecule has 0 saturated carbocycles. The van der Waals surface area contributed by atoms with Gasteiger partial charge in [0.15, 0.2) is 0 Å². The highest BCUT2D eigenvalue weighted by Gasteiger charge is 2.44. The fourth-order valence-electron chi connectivity index (χ4n) is 12.2. The second-order valence-electron chi connectivity index (χ2n) is 38.5. The van der Waals surface area contributed by atoms with Crippen LogP contribution in [0.5, 0.6) is 0 Å². The summed E-state index contributed by atoms with van der Waals surface area (Å²) in [6, 6.07) is -0.925. The number of amides is 5. The van der Waals surface area contributed by atoms with Gasteiger partial charge in [-0.2, -0.15) is 0 Å². The van der Waals surface area contributed by atoms with E-state index in [0.717, 1.165) is 4.90 Å². The van der Waals surface area contributed by atoms with Gasteiger partial charge in [0.1, 0.15) is 50.4 Å². The Kier molecular flexibility index (Phi) is 38.1. The van der Waals surface area contributed by atoms with Gasteiger partial charge in [-0.05, 0) is 264 Å². The maximum Gasteiger partial charge on any atom is 0.318 e. The van der Waals surface area contributed by atoms with E-state index in [1.54, 1.807) is 187 Å². The number of hydrogen-bond donors (Lipinski definition) is 6. The van der Waals surface area contributed by atoms with Gasteiger partial charge in [0.25, 0.3) is 0 Å². The second kappa shape index (κ2) is 41.6. The standard InChI is InChI=1S/C81H141N5O24/c1-69(2,3)102-59(92)31-43-78(44-32-60(93)103-70(4,5)6,45-33-61(94)104-71(7,8)9)82-56(89)28-40-81(85-68(101)86-52-54(87)55(88)53-86,41-29-57(90)83-79(46-34-62(95)105-72(10,11)12,47-35-63(96)106-73(13,14)15)48-36-64(97)107-74(16,17)18)42-30-58(91)84-80(49-37-65(98)108-75(19,20)21,50-38-66(99)109-76(22,23)24)51-39-67(100)110-77(25,26)27/h54-55,87-88H,28-53H2,1-27H3,(H,82,89)(H,83,90)(H,84,91)(H,85,101)/t54-,55-/m0/s1. The highest BCUT2D eigenvalue weighted by Crippen LogP contribution is 2.36. The van der Waals surface area contributed by atoms with Gasteiger partial charge in [-0.1, -0.05) is 0 Å². The average molecular weight is 1570 g/mol. The molecule has 1 saturated heterocycles. The average Bonchev–Trinajstić information content (AvgIpc) is 1.77. The van der Waals surface area contributed by atoms with Crippen LogP contribution in [-0.4, -0.2) is 190 Å². The number of likely N-dealkylation sites (tertiary alicyclic amines) is 1. The molecule has 0 aromatic heterocycles. The van der Waals surface area contributed by atoms with Crippen LogP contribution in [0, 0.1) is 0 Å². The zero-order valence-corrected chi connectivity index (χ0v) is 71.9. The zero-order valence-electron chi connectivity index (χ0n) is 71.9. The Morgan fingerprint density at radius 3 is 0.500 bits per heavy atom. The first-order valence-electron chi connectivity index (χ1n) is 38.8. The summed E-state index contributed by atoms with van der Waals surface area (Å²) in [4.78, 5) is 186.